The van der Waals surface area contributed by atoms with Gasteiger partial charge < -0.3 is 15.1 Å². The van der Waals surface area contributed by atoms with Gasteiger partial charge in [-0.1, -0.05) is 6.08 Å². The first-order chi connectivity index (χ1) is 9.29. The van der Waals surface area contributed by atoms with Crippen molar-refractivity contribution in [1.29, 1.82) is 0 Å². The fourth-order valence-electron chi connectivity index (χ4n) is 1.38. The maximum absolute atomic E-state index is 11.6. The fraction of sp³-hybridized carbons (Fsp3) is 0.154. The molecule has 0 aliphatic rings. The number of furan rings is 1. The van der Waals surface area contributed by atoms with E-state index in [1.54, 1.807) is 12.3 Å². The molecular weight excluding hydrogens is 244 g/mol. The lowest BCUT2D eigenvalue weighted by atomic mass is 10.3. The number of hydrogen-bond donors (Lipinski definition) is 2. The summed E-state index contributed by atoms with van der Waals surface area (Å²) in [6, 6.07) is 3.66. The van der Waals surface area contributed by atoms with Crippen molar-refractivity contribution in [2.75, 3.05) is 11.9 Å². The van der Waals surface area contributed by atoms with Crippen molar-refractivity contribution >= 4 is 11.9 Å². The molecule has 98 valence electrons. The monoisotopic (exact) mass is 258 g/mol. The number of rotatable bonds is 6. The van der Waals surface area contributed by atoms with Gasteiger partial charge in [-0.2, -0.15) is 0 Å². The second kappa shape index (κ2) is 6.34. The van der Waals surface area contributed by atoms with Gasteiger partial charge in [-0.25, -0.2) is 9.97 Å². The average Bonchev–Trinajstić information content (AvgIpc) is 2.96. The zero-order valence-corrected chi connectivity index (χ0v) is 10.3. The zero-order chi connectivity index (χ0) is 13.5. The van der Waals surface area contributed by atoms with Gasteiger partial charge in [-0.05, 0) is 12.1 Å². The third-order valence-electron chi connectivity index (χ3n) is 2.32. The summed E-state index contributed by atoms with van der Waals surface area (Å²) in [5, 5.41) is 5.64. The molecule has 6 nitrogen and oxygen atoms in total. The van der Waals surface area contributed by atoms with Crippen LogP contribution >= 0.6 is 0 Å². The Morgan fingerprint density at radius 3 is 2.84 bits per heavy atom. The van der Waals surface area contributed by atoms with Gasteiger partial charge in [0.1, 0.15) is 5.76 Å². The number of amides is 1. The highest BCUT2D eigenvalue weighted by Crippen LogP contribution is 2.04. The SMILES string of the molecule is C=CCNC(=O)c1cnc(NCc2ccco2)nc1. The molecule has 1 amide bonds. The molecule has 0 aliphatic heterocycles. The van der Waals surface area contributed by atoms with Crippen LogP contribution in [-0.4, -0.2) is 22.4 Å². The molecule has 0 fully saturated rings. The minimum atomic E-state index is -0.225. The van der Waals surface area contributed by atoms with E-state index in [0.29, 0.717) is 24.6 Å². The van der Waals surface area contributed by atoms with Crippen molar-refractivity contribution in [3.8, 4) is 0 Å². The first kappa shape index (κ1) is 12.8. The van der Waals surface area contributed by atoms with Crippen LogP contribution in [0.15, 0.2) is 47.9 Å². The second-order valence-electron chi connectivity index (χ2n) is 3.73. The number of carbonyl (C=O) groups excluding carboxylic acids is 1. The Hall–Kier alpha value is -2.63. The van der Waals surface area contributed by atoms with Gasteiger partial charge in [0.2, 0.25) is 5.95 Å². The van der Waals surface area contributed by atoms with Crippen LogP contribution in [0, 0.1) is 0 Å². The van der Waals surface area contributed by atoms with E-state index >= 15 is 0 Å². The predicted molar refractivity (Wildman–Crippen MR) is 70.6 cm³/mol. The van der Waals surface area contributed by atoms with Gasteiger partial charge in [0.05, 0.1) is 18.4 Å². The molecule has 19 heavy (non-hydrogen) atoms. The lowest BCUT2D eigenvalue weighted by Crippen LogP contribution is -2.23. The molecule has 2 aromatic rings. The molecule has 0 atom stereocenters. The van der Waals surface area contributed by atoms with E-state index in [-0.39, 0.29) is 5.91 Å². The molecule has 0 bridgehead atoms. The lowest BCUT2D eigenvalue weighted by Gasteiger charge is -2.04. The van der Waals surface area contributed by atoms with Crippen molar-refractivity contribution in [1.82, 2.24) is 15.3 Å². The van der Waals surface area contributed by atoms with Gasteiger partial charge in [0.15, 0.2) is 0 Å². The van der Waals surface area contributed by atoms with Gasteiger partial charge in [0.25, 0.3) is 5.91 Å². The molecule has 0 saturated heterocycles. The number of hydrogen-bond acceptors (Lipinski definition) is 5. The normalized spacial score (nSPS) is 9.89. The summed E-state index contributed by atoms with van der Waals surface area (Å²) in [6.07, 6.45) is 6.15. The van der Waals surface area contributed by atoms with Crippen LogP contribution in [-0.2, 0) is 6.54 Å². The number of nitrogens with zero attached hydrogens (tertiary/aromatic N) is 2. The van der Waals surface area contributed by atoms with Gasteiger partial charge >= 0.3 is 0 Å². The standard InChI is InChI=1S/C13H14N4O2/c1-2-5-14-12(18)10-7-15-13(16-8-10)17-9-11-4-3-6-19-11/h2-4,6-8H,1,5,9H2,(H,14,18)(H,15,16,17). The molecule has 0 saturated carbocycles. The second-order valence-corrected chi connectivity index (χ2v) is 3.73. The minimum Gasteiger partial charge on any atom is -0.467 e. The topological polar surface area (TPSA) is 80.0 Å². The van der Waals surface area contributed by atoms with Crippen LogP contribution in [0.3, 0.4) is 0 Å². The molecule has 6 heteroatoms. The van der Waals surface area contributed by atoms with Gasteiger partial charge in [-0.3, -0.25) is 4.79 Å². The molecule has 0 aromatic carbocycles. The van der Waals surface area contributed by atoms with Crippen LogP contribution < -0.4 is 10.6 Å². The highest BCUT2D eigenvalue weighted by molar-refractivity contribution is 5.93. The van der Waals surface area contributed by atoms with E-state index in [4.69, 9.17) is 4.42 Å². The Balaban J connectivity index is 1.90. The average molecular weight is 258 g/mol. The third kappa shape index (κ3) is 3.67. The van der Waals surface area contributed by atoms with Crippen LogP contribution in [0.5, 0.6) is 0 Å². The molecular formula is C13H14N4O2. The number of carbonyl (C=O) groups is 1. The Kier molecular flexibility index (Phi) is 4.28. The fourth-order valence-corrected chi connectivity index (χ4v) is 1.38. The predicted octanol–water partition coefficient (Wildman–Crippen LogP) is 1.60. The van der Waals surface area contributed by atoms with Crippen molar-refractivity contribution in [2.24, 2.45) is 0 Å². The summed E-state index contributed by atoms with van der Waals surface area (Å²) in [7, 11) is 0. The summed E-state index contributed by atoms with van der Waals surface area (Å²) < 4.78 is 5.17. The maximum atomic E-state index is 11.6. The zero-order valence-electron chi connectivity index (χ0n) is 10.3. The van der Waals surface area contributed by atoms with E-state index in [2.05, 4.69) is 27.2 Å². The molecule has 2 rings (SSSR count). The molecule has 0 spiro atoms. The van der Waals surface area contributed by atoms with E-state index in [1.165, 1.54) is 12.4 Å². The van der Waals surface area contributed by atoms with E-state index in [9.17, 15) is 4.79 Å². The molecule has 0 radical (unpaired) electrons. The summed E-state index contributed by atoms with van der Waals surface area (Å²) in [4.78, 5) is 19.7. The molecule has 2 heterocycles. The largest absolute Gasteiger partial charge is 0.467 e. The highest BCUT2D eigenvalue weighted by atomic mass is 16.3. The Labute approximate surface area is 110 Å². The molecule has 0 aliphatic carbocycles. The first-order valence-corrected chi connectivity index (χ1v) is 5.77. The molecule has 2 N–H and O–H groups in total. The van der Waals surface area contributed by atoms with Crippen molar-refractivity contribution < 1.29 is 9.21 Å². The first-order valence-electron chi connectivity index (χ1n) is 5.77. The van der Waals surface area contributed by atoms with Crippen molar-refractivity contribution in [2.45, 2.75) is 6.54 Å². The maximum Gasteiger partial charge on any atom is 0.254 e. The third-order valence-corrected chi connectivity index (χ3v) is 2.32. The van der Waals surface area contributed by atoms with Crippen LogP contribution in [0.1, 0.15) is 16.1 Å². The quantitative estimate of drug-likeness (QED) is 0.769. The minimum absolute atomic E-state index is 0.225. The lowest BCUT2D eigenvalue weighted by molar-refractivity contribution is 0.0957. The molecule has 0 unspecified atom stereocenters. The van der Waals surface area contributed by atoms with Crippen LogP contribution in [0.2, 0.25) is 0 Å². The van der Waals surface area contributed by atoms with E-state index in [0.717, 1.165) is 5.76 Å². The highest BCUT2D eigenvalue weighted by Gasteiger charge is 2.05. The number of anilines is 1. The van der Waals surface area contributed by atoms with Crippen molar-refractivity contribution in [3.05, 3.63) is 54.8 Å². The number of nitrogens with one attached hydrogen (secondary N) is 2. The summed E-state index contributed by atoms with van der Waals surface area (Å²) in [6.45, 7) is 4.43. The molecule has 2 aromatic heterocycles. The van der Waals surface area contributed by atoms with E-state index < -0.39 is 0 Å². The summed E-state index contributed by atoms with van der Waals surface area (Å²) in [5.74, 6) is 1.01. The van der Waals surface area contributed by atoms with Gasteiger partial charge in [0, 0.05) is 18.9 Å². The van der Waals surface area contributed by atoms with Gasteiger partial charge in [-0.15, -0.1) is 6.58 Å². The Morgan fingerprint density at radius 2 is 2.21 bits per heavy atom. The number of aromatic nitrogens is 2. The van der Waals surface area contributed by atoms with Crippen LogP contribution in [0.4, 0.5) is 5.95 Å². The van der Waals surface area contributed by atoms with Crippen molar-refractivity contribution in [3.63, 3.8) is 0 Å². The summed E-state index contributed by atoms with van der Waals surface area (Å²) >= 11 is 0. The van der Waals surface area contributed by atoms with E-state index in [1.807, 2.05) is 12.1 Å². The van der Waals surface area contributed by atoms with Crippen LogP contribution in [0.25, 0.3) is 0 Å². The summed E-state index contributed by atoms with van der Waals surface area (Å²) in [5.41, 5.74) is 0.408. The Morgan fingerprint density at radius 1 is 1.42 bits per heavy atom. The smallest absolute Gasteiger partial charge is 0.254 e. The Bertz CT molecular complexity index is 534.